The minimum absolute atomic E-state index is 0.402. The fraction of sp³-hybridized carbons (Fsp3) is 0.444. The Hall–Kier alpha value is -0.450. The van der Waals surface area contributed by atoms with Crippen LogP contribution in [0.15, 0.2) is 22.9 Å². The van der Waals surface area contributed by atoms with Gasteiger partial charge in [0.15, 0.2) is 0 Å². The third-order valence-electron chi connectivity index (χ3n) is 2.17. The lowest BCUT2D eigenvalue weighted by Crippen LogP contribution is -2.42. The van der Waals surface area contributed by atoms with E-state index < -0.39 is 0 Å². The van der Waals surface area contributed by atoms with E-state index in [1.807, 2.05) is 6.20 Å². The van der Waals surface area contributed by atoms with Gasteiger partial charge in [-0.3, -0.25) is 4.98 Å². The van der Waals surface area contributed by atoms with Gasteiger partial charge >= 0.3 is 0 Å². The highest BCUT2D eigenvalue weighted by atomic mass is 79.9. The van der Waals surface area contributed by atoms with Crippen LogP contribution in [-0.4, -0.2) is 24.6 Å². The highest BCUT2D eigenvalue weighted by Gasteiger charge is 2.14. The molecule has 1 unspecified atom stereocenters. The number of hydrogen-bond donors (Lipinski definition) is 2. The Labute approximate surface area is 86.1 Å². The molecule has 70 valence electrons. The van der Waals surface area contributed by atoms with Gasteiger partial charge in [0.2, 0.25) is 0 Å². The molecule has 0 amide bonds. The molecule has 0 spiro atoms. The summed E-state index contributed by atoms with van der Waals surface area (Å²) in [6, 6.07) is 2.51. The number of hydrogen-bond acceptors (Lipinski definition) is 3. The second kappa shape index (κ2) is 4.17. The number of pyridine rings is 1. The quantitative estimate of drug-likeness (QED) is 0.773. The van der Waals surface area contributed by atoms with Crippen molar-refractivity contribution in [3.05, 3.63) is 28.5 Å². The molecular formula is C9H12BrN3. The van der Waals surface area contributed by atoms with Crippen molar-refractivity contribution in [1.29, 1.82) is 0 Å². The van der Waals surface area contributed by atoms with Gasteiger partial charge in [0, 0.05) is 42.5 Å². The Morgan fingerprint density at radius 2 is 2.31 bits per heavy atom. The third-order valence-corrected chi connectivity index (χ3v) is 2.60. The molecule has 1 atom stereocenters. The van der Waals surface area contributed by atoms with E-state index in [4.69, 9.17) is 0 Å². The molecule has 1 aliphatic rings. The summed E-state index contributed by atoms with van der Waals surface area (Å²) in [6.07, 6.45) is 3.72. The molecule has 1 aromatic heterocycles. The van der Waals surface area contributed by atoms with Crippen LogP contribution in [0.3, 0.4) is 0 Å². The number of nitrogens with zero attached hydrogens (tertiary/aromatic N) is 1. The van der Waals surface area contributed by atoms with E-state index >= 15 is 0 Å². The predicted molar refractivity (Wildman–Crippen MR) is 55.6 cm³/mol. The van der Waals surface area contributed by atoms with Gasteiger partial charge in [-0.2, -0.15) is 0 Å². The SMILES string of the molecule is Brc1cncc(C2CNCCN2)c1. The molecule has 0 aliphatic carbocycles. The van der Waals surface area contributed by atoms with Gasteiger partial charge in [-0.1, -0.05) is 0 Å². The maximum atomic E-state index is 4.14. The van der Waals surface area contributed by atoms with Crippen molar-refractivity contribution in [2.75, 3.05) is 19.6 Å². The summed E-state index contributed by atoms with van der Waals surface area (Å²) >= 11 is 3.42. The van der Waals surface area contributed by atoms with Crippen LogP contribution in [0.25, 0.3) is 0 Å². The van der Waals surface area contributed by atoms with Crippen LogP contribution >= 0.6 is 15.9 Å². The maximum absolute atomic E-state index is 4.14. The average Bonchev–Trinajstić information content (AvgIpc) is 2.19. The van der Waals surface area contributed by atoms with Crippen LogP contribution in [-0.2, 0) is 0 Å². The Kier molecular flexibility index (Phi) is 2.93. The molecule has 13 heavy (non-hydrogen) atoms. The van der Waals surface area contributed by atoms with Gasteiger partial charge < -0.3 is 10.6 Å². The summed E-state index contributed by atoms with van der Waals surface area (Å²) in [5, 5.41) is 6.79. The lowest BCUT2D eigenvalue weighted by molar-refractivity contribution is 0.429. The summed E-state index contributed by atoms with van der Waals surface area (Å²) in [4.78, 5) is 4.14. The molecule has 3 nitrogen and oxygen atoms in total. The van der Waals surface area contributed by atoms with E-state index in [0.717, 1.165) is 24.1 Å². The second-order valence-electron chi connectivity index (χ2n) is 3.15. The standard InChI is InChI=1S/C9H12BrN3/c10-8-3-7(4-12-5-8)9-6-11-1-2-13-9/h3-5,9,11,13H,1-2,6H2. The number of nitrogens with one attached hydrogen (secondary N) is 2. The topological polar surface area (TPSA) is 37.0 Å². The molecule has 2 rings (SSSR count). The van der Waals surface area contributed by atoms with Crippen LogP contribution < -0.4 is 10.6 Å². The first-order valence-corrected chi connectivity index (χ1v) is 5.20. The largest absolute Gasteiger partial charge is 0.314 e. The molecule has 0 bridgehead atoms. The van der Waals surface area contributed by atoms with Gasteiger partial charge in [0.25, 0.3) is 0 Å². The zero-order chi connectivity index (χ0) is 9.10. The first-order valence-electron chi connectivity index (χ1n) is 4.41. The molecular weight excluding hydrogens is 230 g/mol. The third kappa shape index (κ3) is 2.27. The van der Waals surface area contributed by atoms with Gasteiger partial charge in [-0.25, -0.2) is 0 Å². The second-order valence-corrected chi connectivity index (χ2v) is 4.06. The fourth-order valence-electron chi connectivity index (χ4n) is 1.51. The van der Waals surface area contributed by atoms with Gasteiger partial charge in [-0.05, 0) is 27.6 Å². The van der Waals surface area contributed by atoms with Crippen molar-refractivity contribution in [1.82, 2.24) is 15.6 Å². The molecule has 0 radical (unpaired) electrons. The zero-order valence-electron chi connectivity index (χ0n) is 7.26. The Balaban J connectivity index is 2.14. The maximum Gasteiger partial charge on any atom is 0.0462 e. The Morgan fingerprint density at radius 3 is 3.00 bits per heavy atom. The van der Waals surface area contributed by atoms with Crippen LogP contribution in [0.2, 0.25) is 0 Å². The van der Waals surface area contributed by atoms with E-state index in [0.29, 0.717) is 6.04 Å². The smallest absolute Gasteiger partial charge is 0.0462 e. The first-order chi connectivity index (χ1) is 6.36. The molecule has 4 heteroatoms. The van der Waals surface area contributed by atoms with E-state index in [1.165, 1.54) is 5.56 Å². The minimum Gasteiger partial charge on any atom is -0.314 e. The normalized spacial score (nSPS) is 23.0. The van der Waals surface area contributed by atoms with Crippen LogP contribution in [0.1, 0.15) is 11.6 Å². The monoisotopic (exact) mass is 241 g/mol. The van der Waals surface area contributed by atoms with Crippen molar-refractivity contribution in [3.8, 4) is 0 Å². The van der Waals surface area contributed by atoms with E-state index in [-0.39, 0.29) is 0 Å². The Morgan fingerprint density at radius 1 is 1.38 bits per heavy atom. The molecule has 0 aromatic carbocycles. The summed E-state index contributed by atoms with van der Waals surface area (Å²) in [7, 11) is 0. The van der Waals surface area contributed by atoms with E-state index in [1.54, 1.807) is 6.20 Å². The molecule has 1 aliphatic heterocycles. The number of rotatable bonds is 1. The van der Waals surface area contributed by atoms with Crippen LogP contribution in [0.5, 0.6) is 0 Å². The molecule has 2 N–H and O–H groups in total. The lowest BCUT2D eigenvalue weighted by Gasteiger charge is -2.24. The van der Waals surface area contributed by atoms with Crippen molar-refractivity contribution >= 4 is 15.9 Å². The predicted octanol–water partition coefficient (Wildman–Crippen LogP) is 1.08. The highest BCUT2D eigenvalue weighted by Crippen LogP contribution is 2.16. The molecule has 0 saturated carbocycles. The Bertz CT molecular complexity index is 284. The molecule has 1 fully saturated rings. The van der Waals surface area contributed by atoms with Gasteiger partial charge in [0.1, 0.15) is 0 Å². The average molecular weight is 242 g/mol. The number of halogens is 1. The van der Waals surface area contributed by atoms with Crippen LogP contribution in [0.4, 0.5) is 0 Å². The summed E-state index contributed by atoms with van der Waals surface area (Å²) in [6.45, 7) is 3.06. The molecule has 1 saturated heterocycles. The van der Waals surface area contributed by atoms with E-state index in [9.17, 15) is 0 Å². The summed E-state index contributed by atoms with van der Waals surface area (Å²) < 4.78 is 1.04. The number of piperazine rings is 1. The van der Waals surface area contributed by atoms with Crippen molar-refractivity contribution in [3.63, 3.8) is 0 Å². The highest BCUT2D eigenvalue weighted by molar-refractivity contribution is 9.10. The zero-order valence-corrected chi connectivity index (χ0v) is 8.84. The minimum atomic E-state index is 0.402. The molecule has 2 heterocycles. The summed E-state index contributed by atoms with van der Waals surface area (Å²) in [5.74, 6) is 0. The van der Waals surface area contributed by atoms with Gasteiger partial charge in [-0.15, -0.1) is 0 Å². The van der Waals surface area contributed by atoms with Gasteiger partial charge in [0.05, 0.1) is 0 Å². The summed E-state index contributed by atoms with van der Waals surface area (Å²) in [5.41, 5.74) is 1.24. The van der Waals surface area contributed by atoms with E-state index in [2.05, 4.69) is 37.6 Å². The fourth-order valence-corrected chi connectivity index (χ4v) is 1.89. The van der Waals surface area contributed by atoms with Crippen molar-refractivity contribution in [2.45, 2.75) is 6.04 Å². The lowest BCUT2D eigenvalue weighted by atomic mass is 10.1. The van der Waals surface area contributed by atoms with Crippen LogP contribution in [0, 0.1) is 0 Å². The van der Waals surface area contributed by atoms with Crippen molar-refractivity contribution < 1.29 is 0 Å². The van der Waals surface area contributed by atoms with Crippen molar-refractivity contribution in [2.24, 2.45) is 0 Å². The first kappa shape index (κ1) is 9.12. The number of aromatic nitrogens is 1. The molecule has 1 aromatic rings.